The van der Waals surface area contributed by atoms with Crippen molar-refractivity contribution in [3.63, 3.8) is 0 Å². The Hall–Kier alpha value is -1.13. The van der Waals surface area contributed by atoms with Crippen molar-refractivity contribution in [2.24, 2.45) is 17.8 Å². The van der Waals surface area contributed by atoms with Crippen LogP contribution in [0.4, 0.5) is 4.39 Å². The van der Waals surface area contributed by atoms with Crippen LogP contribution in [0.25, 0.3) is 0 Å². The number of carboxylic acids is 1. The maximum atomic E-state index is 12.5. The van der Waals surface area contributed by atoms with Crippen molar-refractivity contribution in [1.82, 2.24) is 5.32 Å². The summed E-state index contributed by atoms with van der Waals surface area (Å²) in [6, 6.07) is -1.39. The molecule has 2 N–H and O–H groups in total. The molecule has 2 aliphatic carbocycles. The average molecular weight is 271 g/mol. The van der Waals surface area contributed by atoms with Crippen LogP contribution < -0.4 is 5.32 Å². The molecule has 0 spiro atoms. The Morgan fingerprint density at radius 2 is 1.84 bits per heavy atom. The standard InChI is InChI=1S/C14H22FNO3/c15-8-12(14(18)19)16-13(17)11-6-5-9-3-1-2-4-10(9)7-11/h9-12H,1-8H2,(H,16,17)(H,18,19). The van der Waals surface area contributed by atoms with E-state index in [0.29, 0.717) is 5.92 Å². The zero-order chi connectivity index (χ0) is 13.8. The van der Waals surface area contributed by atoms with E-state index in [1.165, 1.54) is 25.7 Å². The van der Waals surface area contributed by atoms with Gasteiger partial charge in [0.15, 0.2) is 6.04 Å². The van der Waals surface area contributed by atoms with Crippen LogP contribution in [-0.4, -0.2) is 29.7 Å². The van der Waals surface area contributed by atoms with E-state index in [1.54, 1.807) is 0 Å². The third-order valence-electron chi connectivity index (χ3n) is 4.68. The second kappa shape index (κ2) is 6.35. The van der Waals surface area contributed by atoms with Crippen molar-refractivity contribution in [2.75, 3.05) is 6.67 Å². The first-order valence-electron chi connectivity index (χ1n) is 7.21. The van der Waals surface area contributed by atoms with Crippen LogP contribution in [-0.2, 0) is 9.59 Å². The molecule has 108 valence electrons. The molecule has 2 saturated carbocycles. The van der Waals surface area contributed by atoms with Gasteiger partial charge in [0.05, 0.1) is 0 Å². The smallest absolute Gasteiger partial charge is 0.328 e. The highest BCUT2D eigenvalue weighted by Crippen LogP contribution is 2.42. The van der Waals surface area contributed by atoms with Crippen molar-refractivity contribution < 1.29 is 19.1 Å². The van der Waals surface area contributed by atoms with E-state index in [4.69, 9.17) is 5.11 Å². The van der Waals surface area contributed by atoms with Gasteiger partial charge in [-0.05, 0) is 31.1 Å². The molecule has 2 fully saturated rings. The lowest BCUT2D eigenvalue weighted by Gasteiger charge is -2.38. The maximum Gasteiger partial charge on any atom is 0.328 e. The van der Waals surface area contributed by atoms with Crippen molar-refractivity contribution in [3.8, 4) is 0 Å². The number of alkyl halides is 1. The van der Waals surface area contributed by atoms with E-state index in [1.807, 2.05) is 0 Å². The van der Waals surface area contributed by atoms with Gasteiger partial charge < -0.3 is 10.4 Å². The minimum atomic E-state index is -1.39. The molecule has 0 aromatic carbocycles. The van der Waals surface area contributed by atoms with Crippen molar-refractivity contribution >= 4 is 11.9 Å². The zero-order valence-electron chi connectivity index (χ0n) is 11.1. The Morgan fingerprint density at radius 3 is 2.47 bits per heavy atom. The van der Waals surface area contributed by atoms with Gasteiger partial charge in [-0.2, -0.15) is 0 Å². The number of carbonyl (C=O) groups excluding carboxylic acids is 1. The second-order valence-electron chi connectivity index (χ2n) is 5.87. The SMILES string of the molecule is O=C(NC(CF)C(=O)O)C1CCC2CCCCC2C1. The van der Waals surface area contributed by atoms with Crippen LogP contribution in [0.15, 0.2) is 0 Å². The number of rotatable bonds is 4. The molecule has 0 aromatic heterocycles. The predicted octanol–water partition coefficient (Wildman–Crippen LogP) is 2.13. The normalized spacial score (nSPS) is 32.2. The second-order valence-corrected chi connectivity index (χ2v) is 5.87. The lowest BCUT2D eigenvalue weighted by atomic mass is 9.67. The van der Waals surface area contributed by atoms with Gasteiger partial charge in [-0.25, -0.2) is 9.18 Å². The Labute approximate surface area is 112 Å². The average Bonchev–Trinajstić information content (AvgIpc) is 2.43. The van der Waals surface area contributed by atoms with Gasteiger partial charge in [-0.15, -0.1) is 0 Å². The van der Waals surface area contributed by atoms with Gasteiger partial charge in [0, 0.05) is 5.92 Å². The molecule has 0 bridgehead atoms. The number of carbonyl (C=O) groups is 2. The summed E-state index contributed by atoms with van der Waals surface area (Å²) in [5.41, 5.74) is 0. The van der Waals surface area contributed by atoms with Crippen LogP contribution in [0, 0.1) is 17.8 Å². The van der Waals surface area contributed by atoms with Crippen molar-refractivity contribution in [1.29, 1.82) is 0 Å². The largest absolute Gasteiger partial charge is 0.480 e. The highest BCUT2D eigenvalue weighted by molar-refractivity contribution is 5.85. The molecule has 4 unspecified atom stereocenters. The number of halogens is 1. The fourth-order valence-corrected chi connectivity index (χ4v) is 3.57. The van der Waals surface area contributed by atoms with Crippen LogP contribution in [0.1, 0.15) is 44.9 Å². The monoisotopic (exact) mass is 271 g/mol. The summed E-state index contributed by atoms with van der Waals surface area (Å²) in [5, 5.41) is 11.1. The molecular weight excluding hydrogens is 249 g/mol. The predicted molar refractivity (Wildman–Crippen MR) is 68.3 cm³/mol. The zero-order valence-corrected chi connectivity index (χ0v) is 11.1. The van der Waals surface area contributed by atoms with Crippen LogP contribution >= 0.6 is 0 Å². The molecule has 4 atom stereocenters. The van der Waals surface area contributed by atoms with E-state index in [0.717, 1.165) is 25.2 Å². The highest BCUT2D eigenvalue weighted by Gasteiger charge is 2.36. The van der Waals surface area contributed by atoms with E-state index in [2.05, 4.69) is 5.32 Å². The number of amides is 1. The number of fused-ring (bicyclic) bond motifs is 1. The molecule has 0 aliphatic heterocycles. The number of hydrogen-bond donors (Lipinski definition) is 2. The molecular formula is C14H22FNO3. The Balaban J connectivity index is 1.88. The third kappa shape index (κ3) is 3.45. The molecule has 4 nitrogen and oxygen atoms in total. The number of nitrogens with one attached hydrogen (secondary N) is 1. The van der Waals surface area contributed by atoms with E-state index < -0.39 is 18.7 Å². The fraction of sp³-hybridized carbons (Fsp3) is 0.857. The quantitative estimate of drug-likeness (QED) is 0.823. The molecule has 19 heavy (non-hydrogen) atoms. The van der Waals surface area contributed by atoms with Gasteiger partial charge >= 0.3 is 5.97 Å². The maximum absolute atomic E-state index is 12.5. The first-order valence-corrected chi connectivity index (χ1v) is 7.21. The van der Waals surface area contributed by atoms with E-state index in [-0.39, 0.29) is 11.8 Å². The Kier molecular flexibility index (Phi) is 4.77. The highest BCUT2D eigenvalue weighted by atomic mass is 19.1. The summed E-state index contributed by atoms with van der Waals surface area (Å²) in [6.07, 6.45) is 7.68. The summed E-state index contributed by atoms with van der Waals surface area (Å²) in [4.78, 5) is 22.7. The number of aliphatic carboxylic acids is 1. The molecule has 0 heterocycles. The lowest BCUT2D eigenvalue weighted by molar-refractivity contribution is -0.143. The Bertz CT molecular complexity index is 348. The summed E-state index contributed by atoms with van der Waals surface area (Å²) >= 11 is 0. The Morgan fingerprint density at radius 1 is 1.16 bits per heavy atom. The molecule has 1 amide bonds. The first-order chi connectivity index (χ1) is 9.11. The molecule has 2 rings (SSSR count). The van der Waals surface area contributed by atoms with Gasteiger partial charge in [0.25, 0.3) is 0 Å². The van der Waals surface area contributed by atoms with Crippen molar-refractivity contribution in [3.05, 3.63) is 0 Å². The van der Waals surface area contributed by atoms with Crippen molar-refractivity contribution in [2.45, 2.75) is 51.0 Å². The molecule has 0 radical (unpaired) electrons. The fourth-order valence-electron chi connectivity index (χ4n) is 3.57. The summed E-state index contributed by atoms with van der Waals surface area (Å²) in [5.74, 6) is -0.370. The van der Waals surface area contributed by atoms with Gasteiger partial charge in [-0.3, -0.25) is 4.79 Å². The van der Waals surface area contributed by atoms with E-state index in [9.17, 15) is 14.0 Å². The third-order valence-corrected chi connectivity index (χ3v) is 4.68. The van der Waals surface area contributed by atoms with Gasteiger partial charge in [0.1, 0.15) is 6.67 Å². The molecule has 5 heteroatoms. The minimum Gasteiger partial charge on any atom is -0.480 e. The van der Waals surface area contributed by atoms with Gasteiger partial charge in [0.2, 0.25) is 5.91 Å². The van der Waals surface area contributed by atoms with E-state index >= 15 is 0 Å². The number of hydrogen-bond acceptors (Lipinski definition) is 2. The summed E-state index contributed by atoms with van der Waals surface area (Å²) in [6.45, 7) is -1.06. The summed E-state index contributed by atoms with van der Waals surface area (Å²) < 4.78 is 12.5. The number of carboxylic acid groups (broad SMARTS) is 1. The first kappa shape index (κ1) is 14.3. The van der Waals surface area contributed by atoms with Gasteiger partial charge in [-0.1, -0.05) is 25.7 Å². The van der Waals surface area contributed by atoms with Crippen LogP contribution in [0.5, 0.6) is 0 Å². The topological polar surface area (TPSA) is 66.4 Å². The van der Waals surface area contributed by atoms with Crippen LogP contribution in [0.2, 0.25) is 0 Å². The molecule has 0 saturated heterocycles. The molecule has 2 aliphatic rings. The molecule has 0 aromatic rings. The lowest BCUT2D eigenvalue weighted by Crippen LogP contribution is -2.46. The minimum absolute atomic E-state index is 0.132. The summed E-state index contributed by atoms with van der Waals surface area (Å²) in [7, 11) is 0. The van der Waals surface area contributed by atoms with Crippen LogP contribution in [0.3, 0.4) is 0 Å².